The van der Waals surface area contributed by atoms with Gasteiger partial charge in [-0.05, 0) is 31.2 Å². The Morgan fingerprint density at radius 1 is 1.22 bits per heavy atom. The number of imidazole rings is 1. The molecule has 1 unspecified atom stereocenters. The van der Waals surface area contributed by atoms with Gasteiger partial charge in [-0.2, -0.15) is 0 Å². The van der Waals surface area contributed by atoms with Crippen LogP contribution >= 0.6 is 0 Å². The fourth-order valence-corrected chi connectivity index (χ4v) is 1.95. The molecule has 0 bridgehead atoms. The van der Waals surface area contributed by atoms with Crippen LogP contribution in [0.25, 0.3) is 0 Å². The van der Waals surface area contributed by atoms with Crippen molar-refractivity contribution in [3.63, 3.8) is 0 Å². The molecule has 122 valence electrons. The molecule has 1 aromatic carbocycles. The summed E-state index contributed by atoms with van der Waals surface area (Å²) < 4.78 is 6.39. The Morgan fingerprint density at radius 3 is 2.43 bits per heavy atom. The fraction of sp³-hybridized carbons (Fsp3) is 0.267. The summed E-state index contributed by atoms with van der Waals surface area (Å²) >= 11 is 0. The number of carbonyl (C=O) groups excluding carboxylic acids is 2. The number of aromatic nitrogens is 2. The molecule has 0 aliphatic carbocycles. The molecule has 3 amide bonds. The maximum atomic E-state index is 11.9. The van der Waals surface area contributed by atoms with Gasteiger partial charge >= 0.3 is 12.1 Å². The quantitative estimate of drug-likeness (QED) is 0.788. The molecule has 0 saturated heterocycles. The lowest BCUT2D eigenvalue weighted by Gasteiger charge is -2.15. The van der Waals surface area contributed by atoms with E-state index < -0.39 is 6.09 Å². The smallest absolute Gasteiger partial charge is 0.411 e. The number of nitrogens with zero attached hydrogens (tertiary/aromatic N) is 2. The van der Waals surface area contributed by atoms with Gasteiger partial charge in [0.05, 0.1) is 13.4 Å². The molecule has 1 heterocycles. The highest BCUT2D eigenvalue weighted by Gasteiger charge is 2.08. The first kappa shape index (κ1) is 16.3. The molecule has 1 aromatic heterocycles. The first-order valence-corrected chi connectivity index (χ1v) is 7.05. The van der Waals surface area contributed by atoms with Crippen LogP contribution in [-0.4, -0.2) is 34.8 Å². The van der Waals surface area contributed by atoms with Crippen LogP contribution in [0.15, 0.2) is 43.0 Å². The lowest BCUT2D eigenvalue weighted by Crippen LogP contribution is -2.38. The van der Waals surface area contributed by atoms with Crippen molar-refractivity contribution in [2.24, 2.45) is 0 Å². The van der Waals surface area contributed by atoms with Crippen molar-refractivity contribution in [3.05, 3.63) is 43.0 Å². The van der Waals surface area contributed by atoms with Crippen LogP contribution in [-0.2, 0) is 11.3 Å². The predicted molar refractivity (Wildman–Crippen MR) is 86.3 cm³/mol. The van der Waals surface area contributed by atoms with Crippen LogP contribution in [0, 0.1) is 0 Å². The molecule has 0 spiro atoms. The standard InChI is InChI=1S/C15H19N5O3/c1-11(9-20-8-7-16-10-20)17-14(21)18-12-3-5-13(6-4-12)19-15(22)23-2/h3-8,10-11H,9H2,1-2H3,(H,19,22)(H2,17,18,21). The zero-order valence-corrected chi connectivity index (χ0v) is 12.9. The van der Waals surface area contributed by atoms with E-state index in [0.29, 0.717) is 17.9 Å². The monoisotopic (exact) mass is 317 g/mol. The Bertz CT molecular complexity index is 640. The molecule has 2 rings (SSSR count). The molecule has 0 saturated carbocycles. The van der Waals surface area contributed by atoms with Gasteiger partial charge in [-0.3, -0.25) is 5.32 Å². The van der Waals surface area contributed by atoms with Gasteiger partial charge in [0.2, 0.25) is 0 Å². The lowest BCUT2D eigenvalue weighted by molar-refractivity contribution is 0.187. The van der Waals surface area contributed by atoms with Crippen LogP contribution < -0.4 is 16.0 Å². The Labute approximate surface area is 133 Å². The second-order valence-electron chi connectivity index (χ2n) is 4.95. The van der Waals surface area contributed by atoms with Gasteiger partial charge in [-0.15, -0.1) is 0 Å². The maximum Gasteiger partial charge on any atom is 0.411 e. The van der Waals surface area contributed by atoms with Gasteiger partial charge in [0.15, 0.2) is 0 Å². The maximum absolute atomic E-state index is 11.9. The Balaban J connectivity index is 1.81. The highest BCUT2D eigenvalue weighted by Crippen LogP contribution is 2.13. The summed E-state index contributed by atoms with van der Waals surface area (Å²) in [7, 11) is 1.29. The summed E-state index contributed by atoms with van der Waals surface area (Å²) in [5.41, 5.74) is 1.20. The number of carbonyl (C=O) groups is 2. The second-order valence-corrected chi connectivity index (χ2v) is 4.95. The number of anilines is 2. The average Bonchev–Trinajstić information content (AvgIpc) is 3.01. The van der Waals surface area contributed by atoms with Gasteiger partial charge < -0.3 is 19.9 Å². The summed E-state index contributed by atoms with van der Waals surface area (Å²) in [5.74, 6) is 0. The molecule has 0 fully saturated rings. The number of amides is 3. The SMILES string of the molecule is COC(=O)Nc1ccc(NC(=O)NC(C)Cn2ccnc2)cc1. The van der Waals surface area contributed by atoms with E-state index in [-0.39, 0.29) is 12.1 Å². The zero-order valence-electron chi connectivity index (χ0n) is 12.9. The largest absolute Gasteiger partial charge is 0.453 e. The molecule has 3 N–H and O–H groups in total. The number of hydrogen-bond acceptors (Lipinski definition) is 4. The summed E-state index contributed by atoms with van der Waals surface area (Å²) in [4.78, 5) is 27.0. The number of urea groups is 1. The summed E-state index contributed by atoms with van der Waals surface area (Å²) in [5, 5.41) is 8.09. The van der Waals surface area contributed by atoms with Gasteiger partial charge in [0, 0.05) is 36.4 Å². The summed E-state index contributed by atoms with van der Waals surface area (Å²) in [6.07, 6.45) is 4.68. The molecule has 0 aliphatic heterocycles. The van der Waals surface area contributed by atoms with Crippen molar-refractivity contribution >= 4 is 23.5 Å². The number of ether oxygens (including phenoxy) is 1. The summed E-state index contributed by atoms with van der Waals surface area (Å²) in [6.45, 7) is 2.54. The third kappa shape index (κ3) is 5.34. The molecule has 8 nitrogen and oxygen atoms in total. The highest BCUT2D eigenvalue weighted by atomic mass is 16.5. The first-order valence-electron chi connectivity index (χ1n) is 7.05. The van der Waals surface area contributed by atoms with Crippen LogP contribution in [0.4, 0.5) is 21.0 Å². The number of hydrogen-bond donors (Lipinski definition) is 3. The van der Waals surface area contributed by atoms with E-state index >= 15 is 0 Å². The van der Waals surface area contributed by atoms with Crippen molar-refractivity contribution in [2.75, 3.05) is 17.7 Å². The van der Waals surface area contributed by atoms with Crippen LogP contribution in [0.3, 0.4) is 0 Å². The molecule has 0 aliphatic rings. The molecule has 8 heteroatoms. The van der Waals surface area contributed by atoms with Crippen LogP contribution in [0.5, 0.6) is 0 Å². The van der Waals surface area contributed by atoms with Crippen molar-refractivity contribution in [1.29, 1.82) is 0 Å². The normalized spacial score (nSPS) is 11.4. The summed E-state index contributed by atoms with van der Waals surface area (Å²) in [6, 6.07) is 6.36. The van der Waals surface area contributed by atoms with Crippen molar-refractivity contribution in [3.8, 4) is 0 Å². The fourth-order valence-electron chi connectivity index (χ4n) is 1.95. The minimum Gasteiger partial charge on any atom is -0.453 e. The van der Waals surface area contributed by atoms with E-state index in [4.69, 9.17) is 0 Å². The molecule has 0 radical (unpaired) electrons. The van der Waals surface area contributed by atoms with E-state index in [9.17, 15) is 9.59 Å². The van der Waals surface area contributed by atoms with Gasteiger partial charge in [-0.1, -0.05) is 0 Å². The molecular weight excluding hydrogens is 298 g/mol. The highest BCUT2D eigenvalue weighted by molar-refractivity contribution is 5.90. The molecule has 2 aromatic rings. The van der Waals surface area contributed by atoms with E-state index in [1.54, 1.807) is 36.8 Å². The Hall–Kier alpha value is -3.03. The number of methoxy groups -OCH3 is 1. The topological polar surface area (TPSA) is 97.3 Å². The van der Waals surface area contributed by atoms with E-state index in [2.05, 4.69) is 25.7 Å². The third-order valence-electron chi connectivity index (χ3n) is 3.00. The average molecular weight is 317 g/mol. The molecule has 1 atom stereocenters. The Kier molecular flexibility index (Phi) is 5.56. The van der Waals surface area contributed by atoms with Crippen molar-refractivity contribution < 1.29 is 14.3 Å². The van der Waals surface area contributed by atoms with E-state index in [1.165, 1.54) is 7.11 Å². The van der Waals surface area contributed by atoms with Crippen LogP contribution in [0.2, 0.25) is 0 Å². The predicted octanol–water partition coefficient (Wildman–Crippen LogP) is 2.27. The second kappa shape index (κ2) is 7.83. The minimum atomic E-state index is -0.545. The van der Waals surface area contributed by atoms with Crippen LogP contribution in [0.1, 0.15) is 6.92 Å². The first-order chi connectivity index (χ1) is 11.1. The zero-order chi connectivity index (χ0) is 16.7. The van der Waals surface area contributed by atoms with Gasteiger partial charge in [-0.25, -0.2) is 14.6 Å². The number of benzene rings is 1. The van der Waals surface area contributed by atoms with Gasteiger partial charge in [0.25, 0.3) is 0 Å². The molecule has 23 heavy (non-hydrogen) atoms. The number of rotatable bonds is 5. The minimum absolute atomic E-state index is 0.0514. The van der Waals surface area contributed by atoms with Crippen molar-refractivity contribution in [1.82, 2.24) is 14.9 Å². The third-order valence-corrected chi connectivity index (χ3v) is 3.00. The number of nitrogens with one attached hydrogen (secondary N) is 3. The molecular formula is C15H19N5O3. The Morgan fingerprint density at radius 2 is 1.87 bits per heavy atom. The van der Waals surface area contributed by atoms with E-state index in [0.717, 1.165) is 0 Å². The van der Waals surface area contributed by atoms with Gasteiger partial charge in [0.1, 0.15) is 0 Å². The van der Waals surface area contributed by atoms with E-state index in [1.807, 2.05) is 17.7 Å². The van der Waals surface area contributed by atoms with Crippen molar-refractivity contribution in [2.45, 2.75) is 19.5 Å². The lowest BCUT2D eigenvalue weighted by atomic mass is 10.3.